The maximum Gasteiger partial charge on any atom is 0.0449 e. The third kappa shape index (κ3) is 1.65. The first-order valence-corrected chi connectivity index (χ1v) is 8.22. The van der Waals surface area contributed by atoms with Gasteiger partial charge in [-0.1, -0.05) is 72.9 Å². The van der Waals surface area contributed by atoms with Crippen LogP contribution < -0.4 is 4.90 Å². The molecule has 108 valence electrons. The average molecular weight is 285 g/mol. The maximum atomic E-state index is 2.62. The Labute approximate surface area is 131 Å². The summed E-state index contributed by atoms with van der Waals surface area (Å²) < 4.78 is 0. The fourth-order valence-corrected chi connectivity index (χ4v) is 4.40. The van der Waals surface area contributed by atoms with Gasteiger partial charge >= 0.3 is 0 Å². The van der Waals surface area contributed by atoms with E-state index in [9.17, 15) is 0 Å². The van der Waals surface area contributed by atoms with Crippen LogP contribution in [-0.4, -0.2) is 6.04 Å². The molecule has 1 aromatic carbocycles. The lowest BCUT2D eigenvalue weighted by atomic mass is 9.75. The molecule has 2 atom stereocenters. The van der Waals surface area contributed by atoms with Gasteiger partial charge in [-0.3, -0.25) is 0 Å². The van der Waals surface area contributed by atoms with Crippen LogP contribution in [0.2, 0.25) is 0 Å². The quantitative estimate of drug-likeness (QED) is 0.759. The lowest BCUT2D eigenvalue weighted by molar-refractivity contribution is 0.443. The Balaban J connectivity index is 1.64. The highest BCUT2D eigenvalue weighted by Gasteiger charge is 2.42. The van der Waals surface area contributed by atoms with Crippen LogP contribution in [0, 0.1) is 11.8 Å². The molecule has 5 aliphatic rings. The van der Waals surface area contributed by atoms with Gasteiger partial charge in [-0.25, -0.2) is 0 Å². The first-order valence-electron chi connectivity index (χ1n) is 8.22. The lowest BCUT2D eigenvalue weighted by Crippen LogP contribution is -2.48. The van der Waals surface area contributed by atoms with Crippen LogP contribution >= 0.6 is 0 Å². The number of benzene rings is 1. The van der Waals surface area contributed by atoms with Crippen LogP contribution in [0.25, 0.3) is 0 Å². The van der Waals surface area contributed by atoms with Gasteiger partial charge in [0.1, 0.15) is 0 Å². The first kappa shape index (κ1) is 12.3. The second-order valence-electron chi connectivity index (χ2n) is 6.57. The molecule has 2 bridgehead atoms. The summed E-state index contributed by atoms with van der Waals surface area (Å²) in [7, 11) is 0. The van der Waals surface area contributed by atoms with Gasteiger partial charge in [0.05, 0.1) is 0 Å². The summed E-state index contributed by atoms with van der Waals surface area (Å²) in [6.45, 7) is 0. The van der Waals surface area contributed by atoms with Gasteiger partial charge in [0, 0.05) is 35.2 Å². The van der Waals surface area contributed by atoms with Crippen molar-refractivity contribution in [2.24, 2.45) is 11.8 Å². The SMILES string of the molecule is C1=CC(C2=CC3CC(C4C=CC=C4)N2c2ccccc23)C=C1. The number of rotatable bonds is 2. The molecule has 1 aromatic rings. The molecule has 0 saturated carbocycles. The molecule has 0 radical (unpaired) electrons. The van der Waals surface area contributed by atoms with Crippen molar-refractivity contribution in [2.75, 3.05) is 4.90 Å². The summed E-state index contributed by atoms with van der Waals surface area (Å²) in [6.07, 6.45) is 21.8. The molecule has 3 aliphatic heterocycles. The van der Waals surface area contributed by atoms with E-state index in [-0.39, 0.29) is 0 Å². The predicted molar refractivity (Wildman–Crippen MR) is 91.7 cm³/mol. The summed E-state index contributed by atoms with van der Waals surface area (Å²) in [5.74, 6) is 1.54. The molecular formula is C21H19N. The van der Waals surface area contributed by atoms with Crippen LogP contribution in [0.15, 0.2) is 84.6 Å². The van der Waals surface area contributed by atoms with E-state index in [4.69, 9.17) is 0 Å². The third-order valence-corrected chi connectivity index (χ3v) is 5.38. The molecule has 22 heavy (non-hydrogen) atoms. The number of nitrogens with zero attached hydrogens (tertiary/aromatic N) is 1. The highest BCUT2D eigenvalue weighted by atomic mass is 15.2. The summed E-state index contributed by atoms with van der Waals surface area (Å²) in [5.41, 5.74) is 4.39. The molecular weight excluding hydrogens is 266 g/mol. The molecule has 3 heterocycles. The van der Waals surface area contributed by atoms with E-state index < -0.39 is 0 Å². The van der Waals surface area contributed by atoms with Gasteiger partial charge in [-0.05, 0) is 18.1 Å². The predicted octanol–water partition coefficient (Wildman–Crippen LogP) is 4.73. The fraction of sp³-hybridized carbons (Fsp3) is 0.238. The Morgan fingerprint density at radius 1 is 0.864 bits per heavy atom. The van der Waals surface area contributed by atoms with E-state index in [1.54, 1.807) is 0 Å². The number of fused-ring (bicyclic) bond motifs is 1. The number of allylic oxidation sites excluding steroid dienone is 6. The third-order valence-electron chi connectivity index (χ3n) is 5.38. The first-order chi connectivity index (χ1) is 10.9. The van der Waals surface area contributed by atoms with Crippen molar-refractivity contribution in [3.63, 3.8) is 0 Å². The Morgan fingerprint density at radius 2 is 1.59 bits per heavy atom. The largest absolute Gasteiger partial charge is 0.340 e. The standard InChI is InChI=1S/C21H19N/c1-2-8-15(7-1)20-13-17-14-21(16-9-3-4-10-16)22(20)19-12-6-5-11-18(17)19/h1-13,15-17,21H,14H2. The molecule has 0 spiro atoms. The van der Waals surface area contributed by atoms with E-state index in [1.807, 2.05) is 0 Å². The number of anilines is 1. The number of hydrogen-bond donors (Lipinski definition) is 0. The number of para-hydroxylation sites is 1. The highest BCUT2D eigenvalue weighted by molar-refractivity contribution is 5.68. The van der Waals surface area contributed by atoms with Crippen molar-refractivity contribution in [3.05, 3.63) is 90.2 Å². The molecule has 0 amide bonds. The summed E-state index contributed by atoms with van der Waals surface area (Å²) in [5, 5.41) is 0. The maximum absolute atomic E-state index is 2.62. The molecule has 2 aliphatic carbocycles. The van der Waals surface area contributed by atoms with Gasteiger partial charge in [0.2, 0.25) is 0 Å². The van der Waals surface area contributed by atoms with Crippen LogP contribution in [0.1, 0.15) is 17.9 Å². The molecule has 0 fully saturated rings. The van der Waals surface area contributed by atoms with Crippen molar-refractivity contribution in [2.45, 2.75) is 18.4 Å². The summed E-state index contributed by atoms with van der Waals surface area (Å²) in [6, 6.07) is 9.50. The minimum absolute atomic E-state index is 0.438. The van der Waals surface area contributed by atoms with Crippen molar-refractivity contribution in [1.82, 2.24) is 0 Å². The zero-order chi connectivity index (χ0) is 14.5. The minimum Gasteiger partial charge on any atom is -0.340 e. The topological polar surface area (TPSA) is 3.24 Å². The second kappa shape index (κ2) is 4.61. The molecule has 0 saturated heterocycles. The van der Waals surface area contributed by atoms with Crippen LogP contribution in [-0.2, 0) is 0 Å². The number of hydrogen-bond acceptors (Lipinski definition) is 1. The normalized spacial score (nSPS) is 28.7. The van der Waals surface area contributed by atoms with Gasteiger partial charge < -0.3 is 4.90 Å². The molecule has 0 aromatic heterocycles. The van der Waals surface area contributed by atoms with E-state index in [1.165, 1.54) is 23.4 Å². The molecule has 1 heteroatoms. The van der Waals surface area contributed by atoms with Crippen LogP contribution in [0.5, 0.6) is 0 Å². The molecule has 0 N–H and O–H groups in total. The monoisotopic (exact) mass is 285 g/mol. The average Bonchev–Trinajstić information content (AvgIpc) is 3.28. The molecule has 1 nitrogen and oxygen atoms in total. The van der Waals surface area contributed by atoms with Crippen LogP contribution in [0.3, 0.4) is 0 Å². The molecule has 6 rings (SSSR count). The van der Waals surface area contributed by atoms with Crippen molar-refractivity contribution < 1.29 is 0 Å². The Morgan fingerprint density at radius 3 is 2.41 bits per heavy atom. The Bertz CT molecular complexity index is 738. The lowest BCUT2D eigenvalue weighted by Gasteiger charge is -2.50. The van der Waals surface area contributed by atoms with E-state index in [2.05, 4.69) is 83.8 Å². The van der Waals surface area contributed by atoms with Crippen molar-refractivity contribution in [3.8, 4) is 0 Å². The van der Waals surface area contributed by atoms with E-state index >= 15 is 0 Å². The zero-order valence-corrected chi connectivity index (χ0v) is 12.5. The van der Waals surface area contributed by atoms with Crippen molar-refractivity contribution >= 4 is 5.69 Å². The Kier molecular flexibility index (Phi) is 2.57. The highest BCUT2D eigenvalue weighted by Crippen LogP contribution is 2.50. The zero-order valence-electron chi connectivity index (χ0n) is 12.5. The van der Waals surface area contributed by atoms with Crippen LogP contribution in [0.4, 0.5) is 5.69 Å². The summed E-state index contributed by atoms with van der Waals surface area (Å²) in [4.78, 5) is 2.62. The minimum atomic E-state index is 0.438. The fourth-order valence-electron chi connectivity index (χ4n) is 4.40. The summed E-state index contributed by atoms with van der Waals surface area (Å²) >= 11 is 0. The molecule has 2 unspecified atom stereocenters. The van der Waals surface area contributed by atoms with Gasteiger partial charge in [0.25, 0.3) is 0 Å². The smallest absolute Gasteiger partial charge is 0.0449 e. The Hall–Kier alpha value is -2.28. The van der Waals surface area contributed by atoms with Crippen molar-refractivity contribution in [1.29, 1.82) is 0 Å². The van der Waals surface area contributed by atoms with Gasteiger partial charge in [0.15, 0.2) is 0 Å². The van der Waals surface area contributed by atoms with E-state index in [0.717, 1.165) is 0 Å². The van der Waals surface area contributed by atoms with Gasteiger partial charge in [-0.15, -0.1) is 0 Å². The van der Waals surface area contributed by atoms with E-state index in [0.29, 0.717) is 23.8 Å². The van der Waals surface area contributed by atoms with Gasteiger partial charge in [-0.2, -0.15) is 0 Å². The second-order valence-corrected chi connectivity index (χ2v) is 6.57.